The Morgan fingerprint density at radius 1 is 1.21 bits per heavy atom. The lowest BCUT2D eigenvalue weighted by molar-refractivity contribution is 0.0999. The molecule has 0 N–H and O–H groups in total. The van der Waals surface area contributed by atoms with Gasteiger partial charge in [-0.25, -0.2) is 0 Å². The first kappa shape index (κ1) is 11.9. The Bertz CT molecular complexity index is 822. The van der Waals surface area contributed by atoms with Gasteiger partial charge in [0.05, 0.1) is 5.56 Å². The summed E-state index contributed by atoms with van der Waals surface area (Å²) in [6, 6.07) is 7.85. The summed E-state index contributed by atoms with van der Waals surface area (Å²) < 4.78 is 3.79. The van der Waals surface area contributed by atoms with Crippen LogP contribution in [0.1, 0.15) is 10.4 Å². The molecule has 3 rings (SSSR count). The number of thiazole rings is 1. The Balaban J connectivity index is 2.16. The SMILES string of the molecule is Cn1ccsc1=NC(=O)c1cn(C)c2ccccc12. The maximum Gasteiger partial charge on any atom is 0.281 e. The molecule has 1 amide bonds. The first-order valence-corrected chi connectivity index (χ1v) is 6.78. The van der Waals surface area contributed by atoms with E-state index in [9.17, 15) is 4.79 Å². The van der Waals surface area contributed by atoms with Crippen LogP contribution in [-0.2, 0) is 14.1 Å². The Morgan fingerprint density at radius 2 is 2.00 bits per heavy atom. The van der Waals surface area contributed by atoms with E-state index in [0.717, 1.165) is 10.9 Å². The van der Waals surface area contributed by atoms with Gasteiger partial charge in [0.25, 0.3) is 5.91 Å². The average Bonchev–Trinajstić information content (AvgIpc) is 2.95. The quantitative estimate of drug-likeness (QED) is 0.669. The molecule has 1 aromatic carbocycles. The molecule has 0 saturated heterocycles. The molecule has 4 nitrogen and oxygen atoms in total. The number of nitrogens with zero attached hydrogens (tertiary/aromatic N) is 3. The van der Waals surface area contributed by atoms with Crippen molar-refractivity contribution in [2.24, 2.45) is 19.1 Å². The molecular formula is C14H13N3OS. The molecule has 3 aromatic rings. The molecule has 0 unspecified atom stereocenters. The predicted molar refractivity (Wildman–Crippen MR) is 76.1 cm³/mol. The molecule has 0 radical (unpaired) electrons. The van der Waals surface area contributed by atoms with Crippen LogP contribution < -0.4 is 4.80 Å². The summed E-state index contributed by atoms with van der Waals surface area (Å²) in [5, 5.41) is 2.85. The van der Waals surface area contributed by atoms with Crippen LogP contribution in [0.3, 0.4) is 0 Å². The number of carbonyl (C=O) groups is 1. The van der Waals surface area contributed by atoms with Gasteiger partial charge in [-0.15, -0.1) is 11.3 Å². The monoisotopic (exact) mass is 271 g/mol. The van der Waals surface area contributed by atoms with Crippen LogP contribution in [-0.4, -0.2) is 15.0 Å². The maximum absolute atomic E-state index is 12.3. The second-order valence-electron chi connectivity index (χ2n) is 4.38. The van der Waals surface area contributed by atoms with Crippen molar-refractivity contribution in [3.05, 3.63) is 52.4 Å². The van der Waals surface area contributed by atoms with Gasteiger partial charge in [-0.3, -0.25) is 4.79 Å². The fourth-order valence-electron chi connectivity index (χ4n) is 2.09. The number of amides is 1. The van der Waals surface area contributed by atoms with Crippen molar-refractivity contribution >= 4 is 28.1 Å². The standard InChI is InChI=1S/C14H13N3OS/c1-16-7-8-19-14(16)15-13(18)11-9-17(2)12-6-4-3-5-10(11)12/h3-9H,1-2H3. The van der Waals surface area contributed by atoms with Crippen molar-refractivity contribution in [3.63, 3.8) is 0 Å². The molecule has 5 heteroatoms. The zero-order chi connectivity index (χ0) is 13.4. The van der Waals surface area contributed by atoms with Crippen molar-refractivity contribution in [1.29, 1.82) is 0 Å². The van der Waals surface area contributed by atoms with Gasteiger partial charge in [-0.2, -0.15) is 4.99 Å². The fourth-order valence-corrected chi connectivity index (χ4v) is 2.82. The van der Waals surface area contributed by atoms with Crippen LogP contribution in [0.15, 0.2) is 47.0 Å². The van der Waals surface area contributed by atoms with E-state index < -0.39 is 0 Å². The number of fused-ring (bicyclic) bond motifs is 1. The van der Waals surface area contributed by atoms with Crippen LogP contribution in [0.4, 0.5) is 0 Å². The maximum atomic E-state index is 12.3. The molecule has 0 aliphatic heterocycles. The number of benzene rings is 1. The summed E-state index contributed by atoms with van der Waals surface area (Å²) in [7, 11) is 3.82. The topological polar surface area (TPSA) is 39.3 Å². The molecule has 0 aliphatic rings. The van der Waals surface area contributed by atoms with Gasteiger partial charge < -0.3 is 9.13 Å². The van der Waals surface area contributed by atoms with Crippen LogP contribution in [0.5, 0.6) is 0 Å². The van der Waals surface area contributed by atoms with Crippen molar-refractivity contribution in [2.45, 2.75) is 0 Å². The van der Waals surface area contributed by atoms with E-state index in [-0.39, 0.29) is 5.91 Å². The minimum atomic E-state index is -0.199. The summed E-state index contributed by atoms with van der Waals surface area (Å²) in [5.74, 6) is -0.199. The minimum Gasteiger partial charge on any atom is -0.350 e. The number of aromatic nitrogens is 2. The van der Waals surface area contributed by atoms with E-state index in [1.165, 1.54) is 11.3 Å². The number of hydrogen-bond acceptors (Lipinski definition) is 2. The van der Waals surface area contributed by atoms with Gasteiger partial charge in [0, 0.05) is 42.8 Å². The molecule has 96 valence electrons. The predicted octanol–water partition coefficient (Wildman–Crippen LogP) is 2.32. The Morgan fingerprint density at radius 3 is 2.74 bits per heavy atom. The van der Waals surface area contributed by atoms with Crippen LogP contribution in [0.25, 0.3) is 10.9 Å². The first-order valence-electron chi connectivity index (χ1n) is 5.90. The largest absolute Gasteiger partial charge is 0.350 e. The summed E-state index contributed by atoms with van der Waals surface area (Å²) in [4.78, 5) is 17.2. The molecule has 0 bridgehead atoms. The smallest absolute Gasteiger partial charge is 0.281 e. The Labute approximate surface area is 114 Å². The molecular weight excluding hydrogens is 258 g/mol. The molecule has 2 aromatic heterocycles. The summed E-state index contributed by atoms with van der Waals surface area (Å²) in [6.45, 7) is 0. The Hall–Kier alpha value is -2.14. The highest BCUT2D eigenvalue weighted by atomic mass is 32.1. The third-order valence-electron chi connectivity index (χ3n) is 3.08. The zero-order valence-electron chi connectivity index (χ0n) is 10.7. The molecule has 19 heavy (non-hydrogen) atoms. The normalized spacial score (nSPS) is 12.2. The van der Waals surface area contributed by atoms with E-state index >= 15 is 0 Å². The molecule has 2 heterocycles. The van der Waals surface area contributed by atoms with Crippen LogP contribution >= 0.6 is 11.3 Å². The van der Waals surface area contributed by atoms with Gasteiger partial charge in [-0.1, -0.05) is 18.2 Å². The van der Waals surface area contributed by atoms with Crippen molar-refractivity contribution < 1.29 is 4.79 Å². The lowest BCUT2D eigenvalue weighted by Crippen LogP contribution is -2.12. The minimum absolute atomic E-state index is 0.199. The number of para-hydroxylation sites is 1. The van der Waals surface area contributed by atoms with Crippen LogP contribution in [0.2, 0.25) is 0 Å². The average molecular weight is 271 g/mol. The molecule has 0 fully saturated rings. The van der Waals surface area contributed by atoms with Crippen molar-refractivity contribution in [2.75, 3.05) is 0 Å². The van der Waals surface area contributed by atoms with Gasteiger partial charge in [0.15, 0.2) is 4.80 Å². The lowest BCUT2D eigenvalue weighted by atomic mass is 10.2. The number of hydrogen-bond donors (Lipinski definition) is 0. The molecule has 0 aliphatic carbocycles. The van der Waals surface area contributed by atoms with Gasteiger partial charge in [0.2, 0.25) is 0 Å². The van der Waals surface area contributed by atoms with Gasteiger partial charge >= 0.3 is 0 Å². The van der Waals surface area contributed by atoms with Crippen molar-refractivity contribution in [3.8, 4) is 0 Å². The highest BCUT2D eigenvalue weighted by Crippen LogP contribution is 2.20. The summed E-state index contributed by atoms with van der Waals surface area (Å²) in [6.07, 6.45) is 3.73. The van der Waals surface area contributed by atoms with E-state index in [0.29, 0.717) is 10.4 Å². The van der Waals surface area contributed by atoms with Crippen LogP contribution in [0, 0.1) is 0 Å². The first-order chi connectivity index (χ1) is 9.16. The van der Waals surface area contributed by atoms with E-state index in [1.54, 1.807) is 0 Å². The second kappa shape index (κ2) is 4.51. The summed E-state index contributed by atoms with van der Waals surface area (Å²) in [5.41, 5.74) is 1.68. The molecule has 0 spiro atoms. The fraction of sp³-hybridized carbons (Fsp3) is 0.143. The van der Waals surface area contributed by atoms with Crippen molar-refractivity contribution in [1.82, 2.24) is 9.13 Å². The number of carbonyl (C=O) groups excluding carboxylic acids is 1. The third-order valence-corrected chi connectivity index (χ3v) is 3.93. The number of rotatable bonds is 1. The highest BCUT2D eigenvalue weighted by molar-refractivity contribution is 7.07. The second-order valence-corrected chi connectivity index (χ2v) is 5.26. The van der Waals surface area contributed by atoms with E-state index in [4.69, 9.17) is 0 Å². The molecule has 0 atom stereocenters. The number of aryl methyl sites for hydroxylation is 2. The molecule has 0 saturated carbocycles. The van der Waals surface area contributed by atoms with E-state index in [1.807, 2.05) is 65.3 Å². The van der Waals surface area contributed by atoms with Gasteiger partial charge in [0.1, 0.15) is 0 Å². The Kier molecular flexibility index (Phi) is 2.83. The van der Waals surface area contributed by atoms with Gasteiger partial charge in [-0.05, 0) is 6.07 Å². The highest BCUT2D eigenvalue weighted by Gasteiger charge is 2.12. The third kappa shape index (κ3) is 2.02. The summed E-state index contributed by atoms with van der Waals surface area (Å²) >= 11 is 1.45. The van der Waals surface area contributed by atoms with E-state index in [2.05, 4.69) is 4.99 Å². The lowest BCUT2D eigenvalue weighted by Gasteiger charge is -1.93. The zero-order valence-corrected chi connectivity index (χ0v) is 11.5.